The first kappa shape index (κ1) is 26.7. The van der Waals surface area contributed by atoms with Gasteiger partial charge in [-0.05, 0) is 43.0 Å². The number of sulfonamides is 1. The van der Waals surface area contributed by atoms with E-state index in [1.54, 1.807) is 12.1 Å². The fourth-order valence-electron chi connectivity index (χ4n) is 4.56. The number of alkyl halides is 3. The van der Waals surface area contributed by atoms with E-state index in [1.165, 1.54) is 50.7 Å². The molecular formula is C25H30F3N3O3S2. The van der Waals surface area contributed by atoms with Crippen molar-refractivity contribution in [2.45, 2.75) is 74.8 Å². The van der Waals surface area contributed by atoms with Crippen molar-refractivity contribution in [3.8, 4) is 10.6 Å². The SMILES string of the molecule is C[C@@H](CC1CCCCCC1)NCc1ccccc1NS(=O)(=O)c1ccc(-c2cc(C(F)(F)F)on2)s1. The number of thiophene rings is 1. The second kappa shape index (κ2) is 11.4. The fourth-order valence-corrected chi connectivity index (χ4v) is 6.92. The summed E-state index contributed by atoms with van der Waals surface area (Å²) < 4.78 is 71.4. The van der Waals surface area contributed by atoms with E-state index in [0.717, 1.165) is 35.3 Å². The summed E-state index contributed by atoms with van der Waals surface area (Å²) in [6.45, 7) is 2.68. The summed E-state index contributed by atoms with van der Waals surface area (Å²) in [7, 11) is -3.95. The van der Waals surface area contributed by atoms with Gasteiger partial charge < -0.3 is 9.84 Å². The van der Waals surface area contributed by atoms with Crippen LogP contribution in [-0.2, 0) is 22.7 Å². The van der Waals surface area contributed by atoms with E-state index in [4.69, 9.17) is 0 Å². The maximum atomic E-state index is 13.1. The zero-order chi connectivity index (χ0) is 25.8. The molecule has 0 amide bonds. The average Bonchev–Trinajstić information content (AvgIpc) is 3.45. The molecular weight excluding hydrogens is 511 g/mol. The van der Waals surface area contributed by atoms with Gasteiger partial charge in [-0.1, -0.05) is 61.9 Å². The molecule has 2 aromatic heterocycles. The van der Waals surface area contributed by atoms with Crippen molar-refractivity contribution in [1.82, 2.24) is 10.5 Å². The Kier molecular flexibility index (Phi) is 8.41. The number of hydrogen-bond donors (Lipinski definition) is 2. The van der Waals surface area contributed by atoms with Crippen molar-refractivity contribution in [1.29, 1.82) is 0 Å². The van der Waals surface area contributed by atoms with Gasteiger partial charge in [-0.2, -0.15) is 13.2 Å². The molecule has 1 aromatic carbocycles. The largest absolute Gasteiger partial charge is 0.452 e. The molecule has 196 valence electrons. The summed E-state index contributed by atoms with van der Waals surface area (Å²) in [5.41, 5.74) is 1.21. The van der Waals surface area contributed by atoms with Crippen LogP contribution in [0, 0.1) is 5.92 Å². The van der Waals surface area contributed by atoms with Crippen LogP contribution >= 0.6 is 11.3 Å². The molecule has 1 aliphatic carbocycles. The Bertz CT molecular complexity index is 1250. The fraction of sp³-hybridized carbons (Fsp3) is 0.480. The summed E-state index contributed by atoms with van der Waals surface area (Å²) in [4.78, 5) is 0.261. The molecule has 1 fully saturated rings. The number of benzene rings is 1. The standard InChI is InChI=1S/C25H30F3N3O3S2/c1-17(14-18-8-4-2-3-5-9-18)29-16-19-10-6-7-11-20(19)31-36(32,33)24-13-12-22(35-24)21-15-23(34-30-21)25(26,27)28/h6-7,10-13,15,17-18,29,31H,2-5,8-9,14,16H2,1H3/t17-/m0/s1. The van der Waals surface area contributed by atoms with Gasteiger partial charge in [0, 0.05) is 18.7 Å². The molecule has 0 unspecified atom stereocenters. The van der Waals surface area contributed by atoms with Gasteiger partial charge in [-0.25, -0.2) is 8.42 Å². The number of aromatic nitrogens is 1. The highest BCUT2D eigenvalue weighted by atomic mass is 32.2. The van der Waals surface area contributed by atoms with Gasteiger partial charge in [0.2, 0.25) is 5.76 Å². The molecule has 4 rings (SSSR count). The highest BCUT2D eigenvalue weighted by molar-refractivity contribution is 7.94. The Labute approximate surface area is 213 Å². The number of nitrogens with zero attached hydrogens (tertiary/aromatic N) is 1. The lowest BCUT2D eigenvalue weighted by atomic mass is 9.93. The Morgan fingerprint density at radius 3 is 2.53 bits per heavy atom. The number of rotatable bonds is 9. The molecule has 3 aromatic rings. The molecule has 0 saturated heterocycles. The van der Waals surface area contributed by atoms with Crippen molar-refractivity contribution in [2.75, 3.05) is 4.72 Å². The van der Waals surface area contributed by atoms with E-state index in [9.17, 15) is 21.6 Å². The Morgan fingerprint density at radius 1 is 1.11 bits per heavy atom. The Morgan fingerprint density at radius 2 is 1.83 bits per heavy atom. The molecule has 0 bridgehead atoms. The van der Waals surface area contributed by atoms with Crippen LogP contribution in [0.4, 0.5) is 18.9 Å². The van der Waals surface area contributed by atoms with E-state index < -0.39 is 22.0 Å². The van der Waals surface area contributed by atoms with E-state index in [1.807, 2.05) is 12.1 Å². The van der Waals surface area contributed by atoms with Crippen molar-refractivity contribution in [2.24, 2.45) is 5.92 Å². The smallest absolute Gasteiger partial charge is 0.351 e. The van der Waals surface area contributed by atoms with Crippen molar-refractivity contribution >= 4 is 27.0 Å². The van der Waals surface area contributed by atoms with Crippen LogP contribution in [0.15, 0.2) is 51.2 Å². The van der Waals surface area contributed by atoms with Crippen LogP contribution in [0.1, 0.15) is 63.2 Å². The lowest BCUT2D eigenvalue weighted by Crippen LogP contribution is -2.28. The first-order chi connectivity index (χ1) is 17.1. The van der Waals surface area contributed by atoms with Crippen LogP contribution in [-0.4, -0.2) is 19.6 Å². The normalized spacial score (nSPS) is 16.6. The van der Waals surface area contributed by atoms with E-state index in [-0.39, 0.29) is 14.8 Å². The maximum Gasteiger partial charge on any atom is 0.452 e. The van der Waals surface area contributed by atoms with Gasteiger partial charge >= 0.3 is 6.18 Å². The van der Waals surface area contributed by atoms with Crippen LogP contribution in [0.3, 0.4) is 0 Å². The molecule has 1 aliphatic rings. The third-order valence-electron chi connectivity index (χ3n) is 6.45. The van der Waals surface area contributed by atoms with Gasteiger partial charge in [0.25, 0.3) is 10.0 Å². The molecule has 0 spiro atoms. The molecule has 11 heteroatoms. The quantitative estimate of drug-likeness (QED) is 0.283. The number of anilines is 1. The monoisotopic (exact) mass is 541 g/mol. The zero-order valence-corrected chi connectivity index (χ0v) is 21.6. The number of hydrogen-bond acceptors (Lipinski definition) is 6. The summed E-state index contributed by atoms with van der Waals surface area (Å²) in [6.07, 6.45) is 4.23. The average molecular weight is 542 g/mol. The van der Waals surface area contributed by atoms with E-state index >= 15 is 0 Å². The van der Waals surface area contributed by atoms with Crippen LogP contribution < -0.4 is 10.0 Å². The number of halogens is 3. The Balaban J connectivity index is 1.41. The summed E-state index contributed by atoms with van der Waals surface area (Å²) in [6, 6.07) is 11.0. The molecule has 0 radical (unpaired) electrons. The molecule has 1 saturated carbocycles. The molecule has 0 aliphatic heterocycles. The van der Waals surface area contributed by atoms with Crippen molar-refractivity contribution in [3.63, 3.8) is 0 Å². The van der Waals surface area contributed by atoms with Crippen molar-refractivity contribution in [3.05, 3.63) is 53.8 Å². The maximum absolute atomic E-state index is 13.1. The van der Waals surface area contributed by atoms with E-state index in [2.05, 4.69) is 26.6 Å². The van der Waals surface area contributed by atoms with Crippen LogP contribution in [0.5, 0.6) is 0 Å². The minimum atomic E-state index is -4.66. The first-order valence-electron chi connectivity index (χ1n) is 12.1. The van der Waals surface area contributed by atoms with Gasteiger partial charge in [-0.3, -0.25) is 4.72 Å². The minimum absolute atomic E-state index is 0.0291. The Hall–Kier alpha value is -2.37. The summed E-state index contributed by atoms with van der Waals surface area (Å²) in [5, 5.41) is 6.96. The lowest BCUT2D eigenvalue weighted by Gasteiger charge is -2.21. The van der Waals surface area contributed by atoms with Crippen LogP contribution in [0.2, 0.25) is 0 Å². The second-order valence-corrected chi connectivity index (χ2v) is 12.3. The predicted molar refractivity (Wildman–Crippen MR) is 134 cm³/mol. The summed E-state index contributed by atoms with van der Waals surface area (Å²) in [5.74, 6) is -0.503. The van der Waals surface area contributed by atoms with Crippen molar-refractivity contribution < 1.29 is 26.1 Å². The van der Waals surface area contributed by atoms with Gasteiger partial charge in [-0.15, -0.1) is 11.3 Å². The molecule has 1 atom stereocenters. The highest BCUT2D eigenvalue weighted by Gasteiger charge is 2.36. The molecule has 2 heterocycles. The molecule has 2 N–H and O–H groups in total. The predicted octanol–water partition coefficient (Wildman–Crippen LogP) is 7.06. The van der Waals surface area contributed by atoms with Gasteiger partial charge in [0.05, 0.1) is 10.6 Å². The number of para-hydroxylation sites is 1. The third kappa shape index (κ3) is 6.89. The third-order valence-corrected chi connectivity index (χ3v) is 9.42. The topological polar surface area (TPSA) is 84.2 Å². The molecule has 36 heavy (non-hydrogen) atoms. The van der Waals surface area contributed by atoms with Gasteiger partial charge in [0.1, 0.15) is 9.90 Å². The minimum Gasteiger partial charge on any atom is -0.351 e. The molecule has 6 nitrogen and oxygen atoms in total. The van der Waals surface area contributed by atoms with Gasteiger partial charge in [0.15, 0.2) is 0 Å². The number of nitrogens with one attached hydrogen (secondary N) is 2. The highest BCUT2D eigenvalue weighted by Crippen LogP contribution is 2.36. The second-order valence-electron chi connectivity index (χ2n) is 9.33. The first-order valence-corrected chi connectivity index (χ1v) is 14.4. The summed E-state index contributed by atoms with van der Waals surface area (Å²) >= 11 is 0.825. The zero-order valence-electron chi connectivity index (χ0n) is 20.0. The van der Waals surface area contributed by atoms with Crippen LogP contribution in [0.25, 0.3) is 10.6 Å². The lowest BCUT2D eigenvalue weighted by molar-refractivity contribution is -0.155. The van der Waals surface area contributed by atoms with E-state index in [0.29, 0.717) is 18.3 Å².